The Morgan fingerprint density at radius 3 is 2.93 bits per heavy atom. The van der Waals surface area contributed by atoms with Crippen LogP contribution in [-0.2, 0) is 22.0 Å². The molecule has 0 aromatic carbocycles. The largest absolute Gasteiger partial charge is 0.481 e. The summed E-state index contributed by atoms with van der Waals surface area (Å²) in [5.41, 5.74) is 1.18. The van der Waals surface area contributed by atoms with Gasteiger partial charge in [-0.15, -0.1) is 0 Å². The van der Waals surface area contributed by atoms with Crippen molar-refractivity contribution in [3.63, 3.8) is 0 Å². The summed E-state index contributed by atoms with van der Waals surface area (Å²) in [5.74, 6) is -0.597. The first-order chi connectivity index (χ1) is 7.09. The predicted octanol–water partition coefficient (Wildman–Crippen LogP) is 1.76. The third kappa shape index (κ3) is 4.57. The molecule has 0 aliphatic carbocycles. The van der Waals surface area contributed by atoms with Crippen LogP contribution in [-0.4, -0.2) is 26.8 Å². The molecule has 1 N–H and O–H groups in total. The first-order valence-electron chi connectivity index (χ1n) is 4.68. The molecule has 3 nitrogen and oxygen atoms in total. The highest BCUT2D eigenvalue weighted by Gasteiger charge is 2.14. The van der Waals surface area contributed by atoms with Gasteiger partial charge >= 0.3 is 5.97 Å². The van der Waals surface area contributed by atoms with E-state index >= 15 is 0 Å². The molecule has 0 amide bonds. The Balaban J connectivity index is 2.28. The summed E-state index contributed by atoms with van der Waals surface area (Å²) in [4.78, 5) is 10.5. The summed E-state index contributed by atoms with van der Waals surface area (Å²) in [7, 11) is -1.03. The van der Waals surface area contributed by atoms with Crippen LogP contribution in [0.2, 0.25) is 0 Å². The highest BCUT2D eigenvalue weighted by molar-refractivity contribution is 7.85. The average Bonchev–Trinajstić information content (AvgIpc) is 2.66. The molecular weight excluding hydrogens is 232 g/mol. The van der Waals surface area contributed by atoms with Crippen LogP contribution in [0.25, 0.3) is 0 Å². The fourth-order valence-corrected chi connectivity index (χ4v) is 3.13. The summed E-state index contributed by atoms with van der Waals surface area (Å²) < 4.78 is 11.5. The van der Waals surface area contributed by atoms with Crippen LogP contribution in [0.5, 0.6) is 0 Å². The number of hydrogen-bond acceptors (Lipinski definition) is 3. The molecule has 2 atom stereocenters. The van der Waals surface area contributed by atoms with E-state index in [0.717, 1.165) is 6.42 Å². The summed E-state index contributed by atoms with van der Waals surface area (Å²) in [6.45, 7) is 1.59. The molecule has 2 unspecified atom stereocenters. The highest BCUT2D eigenvalue weighted by Crippen LogP contribution is 2.08. The van der Waals surface area contributed by atoms with Crippen LogP contribution in [0, 0.1) is 5.92 Å². The SMILES string of the molecule is CC(CS(=O)CCc1ccsc1)C(=O)O. The van der Waals surface area contributed by atoms with Crippen molar-refractivity contribution < 1.29 is 14.1 Å². The molecule has 0 aliphatic rings. The average molecular weight is 246 g/mol. The van der Waals surface area contributed by atoms with Crippen LogP contribution >= 0.6 is 11.3 Å². The van der Waals surface area contributed by atoms with Gasteiger partial charge in [0.15, 0.2) is 0 Å². The zero-order valence-corrected chi connectivity index (χ0v) is 10.1. The Hall–Kier alpha value is -0.680. The van der Waals surface area contributed by atoms with Gasteiger partial charge in [0.2, 0.25) is 0 Å². The fraction of sp³-hybridized carbons (Fsp3) is 0.500. The normalized spacial score (nSPS) is 14.7. The van der Waals surface area contributed by atoms with E-state index in [4.69, 9.17) is 5.11 Å². The van der Waals surface area contributed by atoms with Crippen LogP contribution in [0.4, 0.5) is 0 Å². The van der Waals surface area contributed by atoms with E-state index in [2.05, 4.69) is 0 Å². The number of carboxylic acid groups (broad SMARTS) is 1. The molecular formula is C10H14O3S2. The Kier molecular flexibility index (Phi) is 4.98. The van der Waals surface area contributed by atoms with Crippen LogP contribution < -0.4 is 0 Å². The first kappa shape index (κ1) is 12.4. The third-order valence-electron chi connectivity index (χ3n) is 2.06. The number of carboxylic acids is 1. The van der Waals surface area contributed by atoms with E-state index in [-0.39, 0.29) is 5.75 Å². The zero-order chi connectivity index (χ0) is 11.3. The minimum atomic E-state index is -1.03. The van der Waals surface area contributed by atoms with Gasteiger partial charge in [0.25, 0.3) is 0 Å². The standard InChI is InChI=1S/C10H14O3S2/c1-8(10(11)12)7-15(13)5-3-9-2-4-14-6-9/h2,4,6,8H,3,5,7H2,1H3,(H,11,12). The second-order valence-corrected chi connectivity index (χ2v) is 5.83. The van der Waals surface area contributed by atoms with Gasteiger partial charge in [-0.25, -0.2) is 0 Å². The van der Waals surface area contributed by atoms with E-state index in [1.54, 1.807) is 18.3 Å². The molecule has 15 heavy (non-hydrogen) atoms. The monoisotopic (exact) mass is 246 g/mol. The van der Waals surface area contributed by atoms with Crippen LogP contribution in [0.3, 0.4) is 0 Å². The van der Waals surface area contributed by atoms with E-state index in [1.165, 1.54) is 5.56 Å². The van der Waals surface area contributed by atoms with Crippen molar-refractivity contribution in [2.45, 2.75) is 13.3 Å². The summed E-state index contributed by atoms with van der Waals surface area (Å²) in [6, 6.07) is 2.00. The molecule has 0 spiro atoms. The molecule has 1 heterocycles. The predicted molar refractivity (Wildman–Crippen MR) is 62.7 cm³/mol. The Morgan fingerprint density at radius 1 is 1.67 bits per heavy atom. The second-order valence-electron chi connectivity index (χ2n) is 3.43. The lowest BCUT2D eigenvalue weighted by molar-refractivity contribution is -0.140. The Labute approximate surface area is 95.6 Å². The van der Waals surface area contributed by atoms with Crippen molar-refractivity contribution in [1.29, 1.82) is 0 Å². The first-order valence-corrected chi connectivity index (χ1v) is 7.11. The van der Waals surface area contributed by atoms with Crippen molar-refractivity contribution in [3.05, 3.63) is 22.4 Å². The number of aliphatic carboxylic acids is 1. The number of rotatable bonds is 6. The number of aryl methyl sites for hydroxylation is 1. The molecule has 5 heteroatoms. The van der Waals surface area contributed by atoms with Gasteiger partial charge in [-0.2, -0.15) is 11.3 Å². The smallest absolute Gasteiger partial charge is 0.307 e. The molecule has 0 bridgehead atoms. The van der Waals surface area contributed by atoms with E-state index in [1.807, 2.05) is 16.8 Å². The summed E-state index contributed by atoms with van der Waals surface area (Å²) in [6.07, 6.45) is 0.766. The molecule has 84 valence electrons. The van der Waals surface area contributed by atoms with E-state index in [0.29, 0.717) is 5.75 Å². The highest BCUT2D eigenvalue weighted by atomic mass is 32.2. The fourth-order valence-electron chi connectivity index (χ4n) is 1.10. The Bertz CT molecular complexity index is 332. The zero-order valence-electron chi connectivity index (χ0n) is 8.51. The number of thiophene rings is 1. The van der Waals surface area contributed by atoms with Crippen molar-refractivity contribution in [1.82, 2.24) is 0 Å². The minimum absolute atomic E-state index is 0.249. The lowest BCUT2D eigenvalue weighted by Crippen LogP contribution is -2.19. The topological polar surface area (TPSA) is 54.4 Å². The summed E-state index contributed by atoms with van der Waals surface area (Å²) in [5, 5.41) is 12.7. The van der Waals surface area contributed by atoms with Crippen molar-refractivity contribution in [2.75, 3.05) is 11.5 Å². The molecule has 1 aromatic rings. The van der Waals surface area contributed by atoms with E-state index < -0.39 is 22.7 Å². The molecule has 0 fully saturated rings. The quantitative estimate of drug-likeness (QED) is 0.832. The maximum Gasteiger partial charge on any atom is 0.307 e. The molecule has 0 saturated heterocycles. The van der Waals surface area contributed by atoms with Gasteiger partial charge in [0, 0.05) is 22.3 Å². The van der Waals surface area contributed by atoms with Gasteiger partial charge in [-0.1, -0.05) is 6.92 Å². The van der Waals surface area contributed by atoms with Crippen molar-refractivity contribution in [2.24, 2.45) is 5.92 Å². The van der Waals surface area contributed by atoms with Crippen LogP contribution in [0.15, 0.2) is 16.8 Å². The van der Waals surface area contributed by atoms with Gasteiger partial charge in [-0.3, -0.25) is 9.00 Å². The maximum absolute atomic E-state index is 11.5. The van der Waals surface area contributed by atoms with Gasteiger partial charge in [-0.05, 0) is 28.8 Å². The third-order valence-corrected chi connectivity index (χ3v) is 4.32. The van der Waals surface area contributed by atoms with Crippen LogP contribution in [0.1, 0.15) is 12.5 Å². The van der Waals surface area contributed by atoms with Gasteiger partial charge in [0.1, 0.15) is 0 Å². The number of carbonyl (C=O) groups is 1. The molecule has 1 aromatic heterocycles. The van der Waals surface area contributed by atoms with Gasteiger partial charge in [0.05, 0.1) is 5.92 Å². The second kappa shape index (κ2) is 6.02. The lowest BCUT2D eigenvalue weighted by Gasteiger charge is -2.05. The number of hydrogen-bond donors (Lipinski definition) is 1. The maximum atomic E-state index is 11.5. The molecule has 1 rings (SSSR count). The van der Waals surface area contributed by atoms with Crippen molar-refractivity contribution in [3.8, 4) is 0 Å². The van der Waals surface area contributed by atoms with Crippen molar-refractivity contribution >= 4 is 28.1 Å². The van der Waals surface area contributed by atoms with E-state index in [9.17, 15) is 9.00 Å². The molecule has 0 saturated carbocycles. The van der Waals surface area contributed by atoms with Gasteiger partial charge < -0.3 is 5.11 Å². The molecule has 0 aliphatic heterocycles. The summed E-state index contributed by atoms with van der Waals surface area (Å²) >= 11 is 1.62. The minimum Gasteiger partial charge on any atom is -0.481 e. The lowest BCUT2D eigenvalue weighted by atomic mass is 10.2. The Morgan fingerprint density at radius 2 is 2.40 bits per heavy atom. The molecule has 0 radical (unpaired) electrons.